The van der Waals surface area contributed by atoms with Crippen molar-refractivity contribution in [1.82, 2.24) is 10.2 Å². The molecule has 0 spiro atoms. The lowest BCUT2D eigenvalue weighted by Gasteiger charge is -2.30. The molecule has 1 aliphatic rings. The molecule has 1 heterocycles. The summed E-state index contributed by atoms with van der Waals surface area (Å²) in [6.07, 6.45) is 2.62. The van der Waals surface area contributed by atoms with Crippen molar-refractivity contribution in [1.29, 1.82) is 0 Å². The van der Waals surface area contributed by atoms with Crippen LogP contribution in [0.25, 0.3) is 0 Å². The summed E-state index contributed by atoms with van der Waals surface area (Å²) in [6.45, 7) is 10.3. The van der Waals surface area contributed by atoms with Gasteiger partial charge in [0.15, 0.2) is 0 Å². The number of rotatable bonds is 6. The van der Waals surface area contributed by atoms with Gasteiger partial charge in [0.2, 0.25) is 0 Å². The Bertz CT molecular complexity index is 158. The van der Waals surface area contributed by atoms with Gasteiger partial charge in [0.05, 0.1) is 0 Å². The first-order valence-electron chi connectivity index (χ1n) is 6.30. The maximum Gasteiger partial charge on any atom is 0.0468 e. The van der Waals surface area contributed by atoms with Gasteiger partial charge in [-0.2, -0.15) is 0 Å². The third-order valence-electron chi connectivity index (χ3n) is 3.30. The van der Waals surface area contributed by atoms with Gasteiger partial charge in [-0.3, -0.25) is 0 Å². The third kappa shape index (κ3) is 4.96. The second-order valence-electron chi connectivity index (χ2n) is 4.83. The van der Waals surface area contributed by atoms with E-state index >= 15 is 0 Å². The molecule has 1 atom stereocenters. The lowest BCUT2D eigenvalue weighted by atomic mass is 9.97. The fraction of sp³-hybridized carbons (Fsp3) is 1.00. The minimum absolute atomic E-state index is 0.308. The molecular formula is C12H26N2O. The molecular weight excluding hydrogens is 188 g/mol. The van der Waals surface area contributed by atoms with Crippen molar-refractivity contribution in [2.45, 2.75) is 26.7 Å². The molecule has 0 saturated carbocycles. The van der Waals surface area contributed by atoms with E-state index in [1.54, 1.807) is 0 Å². The van der Waals surface area contributed by atoms with Gasteiger partial charge >= 0.3 is 0 Å². The van der Waals surface area contributed by atoms with Crippen molar-refractivity contribution in [3.63, 3.8) is 0 Å². The van der Waals surface area contributed by atoms with Crippen LogP contribution < -0.4 is 5.32 Å². The molecule has 0 amide bonds. The Morgan fingerprint density at radius 2 is 2.07 bits per heavy atom. The molecule has 0 aromatic heterocycles. The van der Waals surface area contributed by atoms with E-state index in [0.717, 1.165) is 19.0 Å². The number of nitrogens with one attached hydrogen (secondary N) is 1. The van der Waals surface area contributed by atoms with E-state index in [-0.39, 0.29) is 0 Å². The van der Waals surface area contributed by atoms with E-state index in [1.165, 1.54) is 32.5 Å². The standard InChI is InChI=1S/C12H26N2O/c1-3-14(8-11(2)10-15)9-12-4-6-13-7-5-12/h11-13,15H,3-10H2,1-2H3. The monoisotopic (exact) mass is 214 g/mol. The van der Waals surface area contributed by atoms with E-state index in [1.807, 2.05) is 0 Å². The number of hydrogen-bond donors (Lipinski definition) is 2. The Labute approximate surface area is 93.9 Å². The van der Waals surface area contributed by atoms with Crippen LogP contribution in [0.2, 0.25) is 0 Å². The first-order valence-corrected chi connectivity index (χ1v) is 6.30. The molecule has 3 nitrogen and oxygen atoms in total. The Kier molecular flexibility index (Phi) is 6.22. The van der Waals surface area contributed by atoms with Crippen LogP contribution in [0.4, 0.5) is 0 Å². The van der Waals surface area contributed by atoms with Crippen molar-refractivity contribution in [2.75, 3.05) is 39.3 Å². The second-order valence-corrected chi connectivity index (χ2v) is 4.83. The molecule has 0 bridgehead atoms. The number of nitrogens with zero attached hydrogens (tertiary/aromatic N) is 1. The topological polar surface area (TPSA) is 35.5 Å². The van der Waals surface area contributed by atoms with E-state index < -0.39 is 0 Å². The lowest BCUT2D eigenvalue weighted by molar-refractivity contribution is 0.153. The quantitative estimate of drug-likeness (QED) is 0.690. The Morgan fingerprint density at radius 3 is 2.60 bits per heavy atom. The number of piperidine rings is 1. The first kappa shape index (κ1) is 12.9. The zero-order valence-electron chi connectivity index (χ0n) is 10.2. The predicted molar refractivity (Wildman–Crippen MR) is 64.0 cm³/mol. The maximum atomic E-state index is 9.05. The molecule has 0 aliphatic carbocycles. The third-order valence-corrected chi connectivity index (χ3v) is 3.30. The van der Waals surface area contributed by atoms with Crippen molar-refractivity contribution in [3.8, 4) is 0 Å². The summed E-state index contributed by atoms with van der Waals surface area (Å²) in [6, 6.07) is 0. The van der Waals surface area contributed by atoms with Crippen LogP contribution in [-0.4, -0.2) is 49.3 Å². The van der Waals surface area contributed by atoms with Gasteiger partial charge in [-0.25, -0.2) is 0 Å². The molecule has 3 heteroatoms. The normalized spacial score (nSPS) is 20.8. The predicted octanol–water partition coefficient (Wildman–Crippen LogP) is 0.936. The summed E-state index contributed by atoms with van der Waals surface area (Å²) in [5.41, 5.74) is 0. The summed E-state index contributed by atoms with van der Waals surface area (Å²) >= 11 is 0. The molecule has 2 N–H and O–H groups in total. The molecule has 1 unspecified atom stereocenters. The molecule has 1 saturated heterocycles. The van der Waals surface area contributed by atoms with Gasteiger partial charge in [0.25, 0.3) is 0 Å². The van der Waals surface area contributed by atoms with E-state index in [0.29, 0.717) is 12.5 Å². The van der Waals surface area contributed by atoms with Crippen molar-refractivity contribution >= 4 is 0 Å². The summed E-state index contributed by atoms with van der Waals surface area (Å²) in [7, 11) is 0. The molecule has 15 heavy (non-hydrogen) atoms. The summed E-state index contributed by atoms with van der Waals surface area (Å²) in [4.78, 5) is 2.48. The summed E-state index contributed by atoms with van der Waals surface area (Å²) < 4.78 is 0. The van der Waals surface area contributed by atoms with Crippen LogP contribution >= 0.6 is 0 Å². The molecule has 0 radical (unpaired) electrons. The minimum Gasteiger partial charge on any atom is -0.396 e. The fourth-order valence-electron chi connectivity index (χ4n) is 2.26. The van der Waals surface area contributed by atoms with Crippen LogP contribution in [0.15, 0.2) is 0 Å². The second kappa shape index (κ2) is 7.20. The van der Waals surface area contributed by atoms with Crippen LogP contribution in [-0.2, 0) is 0 Å². The molecule has 0 aromatic rings. The molecule has 0 aromatic carbocycles. The highest BCUT2D eigenvalue weighted by Crippen LogP contribution is 2.14. The van der Waals surface area contributed by atoms with Crippen molar-refractivity contribution in [2.24, 2.45) is 11.8 Å². The SMILES string of the molecule is CCN(CC(C)CO)CC1CCNCC1. The lowest BCUT2D eigenvalue weighted by Crippen LogP contribution is -2.38. The van der Waals surface area contributed by atoms with Gasteiger partial charge in [0, 0.05) is 19.7 Å². The Morgan fingerprint density at radius 1 is 1.40 bits per heavy atom. The zero-order valence-corrected chi connectivity index (χ0v) is 10.2. The van der Waals surface area contributed by atoms with Gasteiger partial charge in [-0.05, 0) is 44.3 Å². The highest BCUT2D eigenvalue weighted by molar-refractivity contribution is 4.73. The van der Waals surface area contributed by atoms with Crippen LogP contribution in [0.3, 0.4) is 0 Å². The minimum atomic E-state index is 0.308. The molecule has 90 valence electrons. The average molecular weight is 214 g/mol. The highest BCUT2D eigenvalue weighted by atomic mass is 16.3. The zero-order chi connectivity index (χ0) is 11.1. The van der Waals surface area contributed by atoms with E-state index in [2.05, 4.69) is 24.1 Å². The van der Waals surface area contributed by atoms with Gasteiger partial charge in [0.1, 0.15) is 0 Å². The fourth-order valence-corrected chi connectivity index (χ4v) is 2.26. The summed E-state index contributed by atoms with van der Waals surface area (Å²) in [5.74, 6) is 1.27. The van der Waals surface area contributed by atoms with Crippen molar-refractivity contribution < 1.29 is 5.11 Å². The van der Waals surface area contributed by atoms with Crippen LogP contribution in [0.1, 0.15) is 26.7 Å². The van der Waals surface area contributed by atoms with Gasteiger partial charge in [-0.15, -0.1) is 0 Å². The molecule has 1 aliphatic heterocycles. The first-order chi connectivity index (χ1) is 7.26. The van der Waals surface area contributed by atoms with Crippen LogP contribution in [0.5, 0.6) is 0 Å². The largest absolute Gasteiger partial charge is 0.396 e. The Balaban J connectivity index is 2.25. The maximum absolute atomic E-state index is 9.05. The van der Waals surface area contributed by atoms with E-state index in [9.17, 15) is 0 Å². The Hall–Kier alpha value is -0.120. The van der Waals surface area contributed by atoms with Gasteiger partial charge < -0.3 is 15.3 Å². The van der Waals surface area contributed by atoms with Crippen LogP contribution in [0, 0.1) is 11.8 Å². The smallest absolute Gasteiger partial charge is 0.0468 e. The molecule has 1 fully saturated rings. The van der Waals surface area contributed by atoms with E-state index in [4.69, 9.17) is 5.11 Å². The number of aliphatic hydroxyl groups excluding tert-OH is 1. The average Bonchev–Trinajstić information content (AvgIpc) is 2.29. The highest BCUT2D eigenvalue weighted by Gasteiger charge is 2.17. The number of hydrogen-bond acceptors (Lipinski definition) is 3. The number of aliphatic hydroxyl groups is 1. The van der Waals surface area contributed by atoms with Gasteiger partial charge in [-0.1, -0.05) is 13.8 Å². The molecule has 1 rings (SSSR count). The van der Waals surface area contributed by atoms with Crippen molar-refractivity contribution in [3.05, 3.63) is 0 Å². The summed E-state index contributed by atoms with van der Waals surface area (Å²) in [5, 5.41) is 12.4.